The van der Waals surface area contributed by atoms with E-state index in [9.17, 15) is 9.59 Å². The standard InChI is InChI=1S/C24H24N2O5/c1-16(27)25-19-5-7-20(8-6-19)26-24(28)17-4-13-23(30-3)18(14-17)15-31-22-11-9-21(29-2)10-12-22/h4-14H,15H2,1-3H3,(H,25,27)(H,26,28). The summed E-state index contributed by atoms with van der Waals surface area (Å²) in [7, 11) is 3.18. The van der Waals surface area contributed by atoms with E-state index >= 15 is 0 Å². The molecule has 0 aliphatic rings. The molecule has 0 saturated carbocycles. The molecule has 0 heterocycles. The molecule has 7 heteroatoms. The van der Waals surface area contributed by atoms with Gasteiger partial charge in [-0.2, -0.15) is 0 Å². The zero-order chi connectivity index (χ0) is 22.2. The maximum atomic E-state index is 12.7. The Bertz CT molecular complexity index is 1050. The molecule has 0 aromatic heterocycles. The Morgan fingerprint density at radius 1 is 0.774 bits per heavy atom. The second-order valence-electron chi connectivity index (χ2n) is 6.70. The Morgan fingerprint density at radius 3 is 1.97 bits per heavy atom. The number of rotatable bonds is 8. The van der Waals surface area contributed by atoms with Gasteiger partial charge in [-0.25, -0.2) is 0 Å². The Labute approximate surface area is 180 Å². The molecular formula is C24H24N2O5. The van der Waals surface area contributed by atoms with E-state index in [0.29, 0.717) is 28.4 Å². The molecule has 0 aliphatic carbocycles. The molecule has 0 aliphatic heterocycles. The van der Waals surface area contributed by atoms with Crippen molar-refractivity contribution in [1.82, 2.24) is 0 Å². The number of methoxy groups -OCH3 is 2. The zero-order valence-corrected chi connectivity index (χ0v) is 17.6. The molecule has 0 atom stereocenters. The lowest BCUT2D eigenvalue weighted by Gasteiger charge is -2.13. The average Bonchev–Trinajstić information content (AvgIpc) is 2.78. The van der Waals surface area contributed by atoms with E-state index in [1.165, 1.54) is 6.92 Å². The molecule has 0 radical (unpaired) electrons. The number of benzene rings is 3. The highest BCUT2D eigenvalue weighted by atomic mass is 16.5. The smallest absolute Gasteiger partial charge is 0.255 e. The van der Waals surface area contributed by atoms with Gasteiger partial charge in [-0.1, -0.05) is 0 Å². The summed E-state index contributed by atoms with van der Waals surface area (Å²) in [5, 5.41) is 5.53. The summed E-state index contributed by atoms with van der Waals surface area (Å²) < 4.78 is 16.4. The molecule has 7 nitrogen and oxygen atoms in total. The number of anilines is 2. The van der Waals surface area contributed by atoms with Gasteiger partial charge in [0.2, 0.25) is 5.91 Å². The maximum Gasteiger partial charge on any atom is 0.255 e. The highest BCUT2D eigenvalue weighted by Gasteiger charge is 2.12. The maximum absolute atomic E-state index is 12.7. The third-order valence-electron chi connectivity index (χ3n) is 4.46. The first-order valence-electron chi connectivity index (χ1n) is 9.61. The summed E-state index contributed by atoms with van der Waals surface area (Å²) in [5.74, 6) is 1.63. The van der Waals surface area contributed by atoms with Crippen molar-refractivity contribution >= 4 is 23.2 Å². The van der Waals surface area contributed by atoms with Crippen LogP contribution in [0.1, 0.15) is 22.8 Å². The first-order chi connectivity index (χ1) is 15.0. The SMILES string of the molecule is COc1ccc(OCc2cc(C(=O)Nc3ccc(NC(C)=O)cc3)ccc2OC)cc1. The van der Waals surface area contributed by atoms with Gasteiger partial charge in [0.15, 0.2) is 0 Å². The summed E-state index contributed by atoms with van der Waals surface area (Å²) in [6, 6.07) is 19.3. The lowest BCUT2D eigenvalue weighted by molar-refractivity contribution is -0.114. The molecular weight excluding hydrogens is 396 g/mol. The van der Waals surface area contributed by atoms with Crippen LogP contribution in [0.25, 0.3) is 0 Å². The van der Waals surface area contributed by atoms with Crippen LogP contribution >= 0.6 is 0 Å². The highest BCUT2D eigenvalue weighted by molar-refractivity contribution is 6.04. The van der Waals surface area contributed by atoms with Crippen LogP contribution in [0.5, 0.6) is 17.2 Å². The normalized spacial score (nSPS) is 10.2. The molecule has 160 valence electrons. The van der Waals surface area contributed by atoms with Crippen molar-refractivity contribution in [2.75, 3.05) is 24.9 Å². The average molecular weight is 420 g/mol. The fourth-order valence-corrected chi connectivity index (χ4v) is 2.91. The minimum atomic E-state index is -0.263. The molecule has 3 aromatic carbocycles. The summed E-state index contributed by atoms with van der Waals surface area (Å²) in [5.41, 5.74) is 2.49. The number of carbonyl (C=O) groups is 2. The van der Waals surface area contributed by atoms with Gasteiger partial charge in [-0.05, 0) is 66.7 Å². The van der Waals surface area contributed by atoms with Crippen LogP contribution in [-0.2, 0) is 11.4 Å². The second kappa shape index (κ2) is 10.2. The fraction of sp³-hybridized carbons (Fsp3) is 0.167. The molecule has 3 rings (SSSR count). The molecule has 0 spiro atoms. The van der Waals surface area contributed by atoms with Crippen molar-refractivity contribution in [2.24, 2.45) is 0 Å². The Morgan fingerprint density at radius 2 is 1.39 bits per heavy atom. The summed E-state index contributed by atoms with van der Waals surface area (Å²) >= 11 is 0. The monoisotopic (exact) mass is 420 g/mol. The van der Waals surface area contributed by atoms with E-state index in [1.807, 2.05) is 24.3 Å². The third kappa shape index (κ3) is 5.99. The van der Waals surface area contributed by atoms with E-state index in [0.717, 1.165) is 11.3 Å². The zero-order valence-electron chi connectivity index (χ0n) is 17.6. The molecule has 0 unspecified atom stereocenters. The fourth-order valence-electron chi connectivity index (χ4n) is 2.91. The van der Waals surface area contributed by atoms with Gasteiger partial charge in [0.1, 0.15) is 23.9 Å². The van der Waals surface area contributed by atoms with Crippen LogP contribution in [0.2, 0.25) is 0 Å². The van der Waals surface area contributed by atoms with E-state index in [2.05, 4.69) is 10.6 Å². The van der Waals surface area contributed by atoms with Crippen LogP contribution in [0, 0.1) is 0 Å². The molecule has 0 saturated heterocycles. The highest BCUT2D eigenvalue weighted by Crippen LogP contribution is 2.24. The molecule has 0 bridgehead atoms. The first kappa shape index (κ1) is 21.7. The minimum Gasteiger partial charge on any atom is -0.497 e. The number of nitrogens with one attached hydrogen (secondary N) is 2. The van der Waals surface area contributed by atoms with Crippen LogP contribution in [-0.4, -0.2) is 26.0 Å². The summed E-state index contributed by atoms with van der Waals surface area (Å²) in [6.07, 6.45) is 0. The largest absolute Gasteiger partial charge is 0.497 e. The van der Waals surface area contributed by atoms with E-state index in [-0.39, 0.29) is 18.4 Å². The van der Waals surface area contributed by atoms with Gasteiger partial charge in [0.25, 0.3) is 5.91 Å². The van der Waals surface area contributed by atoms with Crippen molar-refractivity contribution < 1.29 is 23.8 Å². The second-order valence-corrected chi connectivity index (χ2v) is 6.70. The number of ether oxygens (including phenoxy) is 3. The van der Waals surface area contributed by atoms with Gasteiger partial charge >= 0.3 is 0 Å². The predicted octanol–water partition coefficient (Wildman–Crippen LogP) is 4.49. The van der Waals surface area contributed by atoms with Crippen molar-refractivity contribution in [1.29, 1.82) is 0 Å². The van der Waals surface area contributed by atoms with Crippen LogP contribution < -0.4 is 24.8 Å². The predicted molar refractivity (Wildman–Crippen MR) is 119 cm³/mol. The van der Waals surface area contributed by atoms with Gasteiger partial charge in [-0.3, -0.25) is 9.59 Å². The lowest BCUT2D eigenvalue weighted by atomic mass is 10.1. The summed E-state index contributed by atoms with van der Waals surface area (Å²) in [6.45, 7) is 1.68. The number of hydrogen-bond acceptors (Lipinski definition) is 5. The molecule has 2 N–H and O–H groups in total. The van der Waals surface area contributed by atoms with Gasteiger partial charge in [0, 0.05) is 29.4 Å². The number of carbonyl (C=O) groups excluding carboxylic acids is 2. The molecule has 31 heavy (non-hydrogen) atoms. The van der Waals surface area contributed by atoms with Crippen molar-refractivity contribution in [2.45, 2.75) is 13.5 Å². The quantitative estimate of drug-likeness (QED) is 0.561. The Balaban J connectivity index is 1.69. The van der Waals surface area contributed by atoms with Gasteiger partial charge in [0.05, 0.1) is 14.2 Å². The molecule has 0 fully saturated rings. The Kier molecular flexibility index (Phi) is 7.11. The number of amides is 2. The molecule has 3 aromatic rings. The van der Waals surface area contributed by atoms with Crippen molar-refractivity contribution in [3.63, 3.8) is 0 Å². The van der Waals surface area contributed by atoms with Crippen LogP contribution in [0.4, 0.5) is 11.4 Å². The Hall–Kier alpha value is -4.00. The topological polar surface area (TPSA) is 85.9 Å². The summed E-state index contributed by atoms with van der Waals surface area (Å²) in [4.78, 5) is 23.8. The lowest BCUT2D eigenvalue weighted by Crippen LogP contribution is -2.13. The van der Waals surface area contributed by atoms with Crippen molar-refractivity contribution in [3.05, 3.63) is 77.9 Å². The van der Waals surface area contributed by atoms with E-state index < -0.39 is 0 Å². The van der Waals surface area contributed by atoms with E-state index in [4.69, 9.17) is 14.2 Å². The van der Waals surface area contributed by atoms with E-state index in [1.54, 1.807) is 56.7 Å². The van der Waals surface area contributed by atoms with Crippen LogP contribution in [0.15, 0.2) is 66.7 Å². The van der Waals surface area contributed by atoms with Crippen LogP contribution in [0.3, 0.4) is 0 Å². The van der Waals surface area contributed by atoms with Gasteiger partial charge < -0.3 is 24.8 Å². The van der Waals surface area contributed by atoms with Crippen molar-refractivity contribution in [3.8, 4) is 17.2 Å². The number of hydrogen-bond donors (Lipinski definition) is 2. The minimum absolute atomic E-state index is 0.153. The van der Waals surface area contributed by atoms with Gasteiger partial charge in [-0.15, -0.1) is 0 Å². The first-order valence-corrected chi connectivity index (χ1v) is 9.61. The third-order valence-corrected chi connectivity index (χ3v) is 4.46. The molecule has 2 amide bonds.